The average molecular weight is 377 g/mol. The molecule has 28 heavy (non-hydrogen) atoms. The molecule has 0 bridgehead atoms. The van der Waals surface area contributed by atoms with E-state index in [1.807, 2.05) is 10.7 Å². The molecule has 1 N–H and O–H groups in total. The van der Waals surface area contributed by atoms with E-state index in [0.717, 1.165) is 55.0 Å². The van der Waals surface area contributed by atoms with Crippen LogP contribution in [0.15, 0.2) is 48.5 Å². The highest BCUT2D eigenvalue weighted by molar-refractivity contribution is 5.87. The monoisotopic (exact) mass is 377 g/mol. The molecule has 0 saturated carbocycles. The van der Waals surface area contributed by atoms with E-state index in [0.29, 0.717) is 12.0 Å². The lowest BCUT2D eigenvalue weighted by molar-refractivity contribution is 0.0696. The molecule has 0 aliphatic heterocycles. The van der Waals surface area contributed by atoms with E-state index in [1.165, 1.54) is 5.56 Å². The van der Waals surface area contributed by atoms with E-state index in [4.69, 9.17) is 5.11 Å². The van der Waals surface area contributed by atoms with Crippen molar-refractivity contribution in [2.75, 3.05) is 0 Å². The number of carbonyl (C=O) groups is 1. The van der Waals surface area contributed by atoms with Gasteiger partial charge in [0.2, 0.25) is 0 Å². The SMILES string of the molecule is CCCc1nc(CCC)n(Cc2ccc(Cc3cccc(C(=O)O)c3)cc2)n1. The second-order valence-electron chi connectivity index (χ2n) is 7.10. The molecule has 3 rings (SSSR count). The summed E-state index contributed by atoms with van der Waals surface area (Å²) in [5, 5.41) is 13.8. The number of aryl methyl sites for hydroxylation is 2. The van der Waals surface area contributed by atoms with Crippen molar-refractivity contribution in [1.29, 1.82) is 0 Å². The summed E-state index contributed by atoms with van der Waals surface area (Å²) in [6.45, 7) is 5.03. The summed E-state index contributed by atoms with van der Waals surface area (Å²) in [7, 11) is 0. The molecule has 146 valence electrons. The van der Waals surface area contributed by atoms with Crippen molar-refractivity contribution in [2.24, 2.45) is 0 Å². The molecule has 0 spiro atoms. The van der Waals surface area contributed by atoms with Crippen LogP contribution in [-0.4, -0.2) is 25.8 Å². The molecule has 3 aromatic rings. The van der Waals surface area contributed by atoms with Crippen LogP contribution in [0.1, 0.15) is 65.4 Å². The molecule has 5 nitrogen and oxygen atoms in total. The Bertz CT molecular complexity index is 929. The van der Waals surface area contributed by atoms with Crippen molar-refractivity contribution in [1.82, 2.24) is 14.8 Å². The fraction of sp³-hybridized carbons (Fsp3) is 0.348. The van der Waals surface area contributed by atoms with E-state index in [2.05, 4.69) is 48.2 Å². The van der Waals surface area contributed by atoms with Crippen LogP contribution in [0.25, 0.3) is 0 Å². The van der Waals surface area contributed by atoms with Crippen LogP contribution < -0.4 is 0 Å². The summed E-state index contributed by atoms with van der Waals surface area (Å²) in [5.41, 5.74) is 3.67. The van der Waals surface area contributed by atoms with E-state index in [9.17, 15) is 4.79 Å². The average Bonchev–Trinajstić information content (AvgIpc) is 3.05. The lowest BCUT2D eigenvalue weighted by atomic mass is 10.0. The number of aromatic nitrogens is 3. The first-order valence-corrected chi connectivity index (χ1v) is 9.91. The van der Waals surface area contributed by atoms with Crippen LogP contribution in [0, 0.1) is 0 Å². The molecular weight excluding hydrogens is 350 g/mol. The van der Waals surface area contributed by atoms with Gasteiger partial charge in [0.05, 0.1) is 12.1 Å². The molecule has 0 saturated heterocycles. The highest BCUT2D eigenvalue weighted by atomic mass is 16.4. The zero-order valence-corrected chi connectivity index (χ0v) is 16.6. The number of benzene rings is 2. The van der Waals surface area contributed by atoms with Crippen molar-refractivity contribution in [3.8, 4) is 0 Å². The number of aromatic carboxylic acids is 1. The minimum absolute atomic E-state index is 0.326. The zero-order chi connectivity index (χ0) is 19.9. The summed E-state index contributed by atoms with van der Waals surface area (Å²) in [5.74, 6) is 1.09. The van der Waals surface area contributed by atoms with Gasteiger partial charge in [0.15, 0.2) is 5.82 Å². The van der Waals surface area contributed by atoms with Crippen LogP contribution in [-0.2, 0) is 25.8 Å². The summed E-state index contributed by atoms with van der Waals surface area (Å²) in [6, 6.07) is 15.5. The molecule has 0 atom stereocenters. The standard InChI is InChI=1S/C23H27N3O2/c1-3-6-21-24-22(7-4-2)26(25-21)16-18-12-10-17(11-13-18)14-19-8-5-9-20(15-19)23(27)28/h5,8-13,15H,3-4,6-7,14,16H2,1-2H3,(H,27,28). The predicted molar refractivity (Wildman–Crippen MR) is 110 cm³/mol. The van der Waals surface area contributed by atoms with Crippen molar-refractivity contribution < 1.29 is 9.90 Å². The molecule has 0 unspecified atom stereocenters. The van der Waals surface area contributed by atoms with E-state index < -0.39 is 5.97 Å². The molecule has 0 radical (unpaired) electrons. The van der Waals surface area contributed by atoms with Crippen LogP contribution in [0.5, 0.6) is 0 Å². The third-order valence-corrected chi connectivity index (χ3v) is 4.68. The van der Waals surface area contributed by atoms with Gasteiger partial charge >= 0.3 is 5.97 Å². The third-order valence-electron chi connectivity index (χ3n) is 4.68. The van der Waals surface area contributed by atoms with Crippen molar-refractivity contribution in [3.63, 3.8) is 0 Å². The normalized spacial score (nSPS) is 10.9. The number of hydrogen-bond acceptors (Lipinski definition) is 3. The van der Waals surface area contributed by atoms with Gasteiger partial charge in [-0.3, -0.25) is 0 Å². The van der Waals surface area contributed by atoms with Crippen molar-refractivity contribution in [2.45, 2.75) is 52.5 Å². The largest absolute Gasteiger partial charge is 0.478 e. The van der Waals surface area contributed by atoms with Gasteiger partial charge in [-0.05, 0) is 48.1 Å². The summed E-state index contributed by atoms with van der Waals surface area (Å²) < 4.78 is 2.03. The summed E-state index contributed by atoms with van der Waals surface area (Å²) in [6.07, 6.45) is 4.67. The Morgan fingerprint density at radius 2 is 1.68 bits per heavy atom. The maximum absolute atomic E-state index is 11.1. The Morgan fingerprint density at radius 1 is 0.964 bits per heavy atom. The first kappa shape index (κ1) is 19.8. The van der Waals surface area contributed by atoms with Crippen molar-refractivity contribution >= 4 is 5.97 Å². The number of hydrogen-bond donors (Lipinski definition) is 1. The van der Waals surface area contributed by atoms with Crippen LogP contribution >= 0.6 is 0 Å². The molecule has 0 amide bonds. The van der Waals surface area contributed by atoms with E-state index >= 15 is 0 Å². The second-order valence-corrected chi connectivity index (χ2v) is 7.10. The number of nitrogens with zero attached hydrogens (tertiary/aromatic N) is 3. The van der Waals surface area contributed by atoms with Crippen LogP contribution in [0.3, 0.4) is 0 Å². The molecular formula is C23H27N3O2. The van der Waals surface area contributed by atoms with E-state index in [-0.39, 0.29) is 0 Å². The van der Waals surface area contributed by atoms with Gasteiger partial charge in [0.1, 0.15) is 5.82 Å². The zero-order valence-electron chi connectivity index (χ0n) is 16.6. The van der Waals surface area contributed by atoms with Gasteiger partial charge in [-0.15, -0.1) is 0 Å². The minimum atomic E-state index is -0.893. The Kier molecular flexibility index (Phi) is 6.58. The number of carboxylic acids is 1. The summed E-state index contributed by atoms with van der Waals surface area (Å²) in [4.78, 5) is 15.8. The Morgan fingerprint density at radius 3 is 2.36 bits per heavy atom. The van der Waals surface area contributed by atoms with Gasteiger partial charge in [0.25, 0.3) is 0 Å². The number of rotatable bonds is 9. The third kappa shape index (κ3) is 5.06. The maximum Gasteiger partial charge on any atom is 0.335 e. The quantitative estimate of drug-likeness (QED) is 0.595. The molecule has 1 heterocycles. The lowest BCUT2D eigenvalue weighted by Gasteiger charge is -2.07. The van der Waals surface area contributed by atoms with E-state index in [1.54, 1.807) is 18.2 Å². The van der Waals surface area contributed by atoms with Crippen LogP contribution in [0.2, 0.25) is 0 Å². The van der Waals surface area contributed by atoms with Gasteiger partial charge in [-0.25, -0.2) is 14.5 Å². The minimum Gasteiger partial charge on any atom is -0.478 e. The van der Waals surface area contributed by atoms with Crippen LogP contribution in [0.4, 0.5) is 0 Å². The first-order valence-electron chi connectivity index (χ1n) is 9.91. The van der Waals surface area contributed by atoms with Crippen molar-refractivity contribution in [3.05, 3.63) is 82.4 Å². The first-order chi connectivity index (χ1) is 13.6. The Hall–Kier alpha value is -2.95. The van der Waals surface area contributed by atoms with Gasteiger partial charge in [-0.2, -0.15) is 5.10 Å². The molecule has 0 aliphatic rings. The molecule has 5 heteroatoms. The smallest absolute Gasteiger partial charge is 0.335 e. The second kappa shape index (κ2) is 9.31. The topological polar surface area (TPSA) is 68.0 Å². The fourth-order valence-corrected chi connectivity index (χ4v) is 3.28. The van der Waals surface area contributed by atoms with Gasteiger partial charge < -0.3 is 5.11 Å². The highest BCUT2D eigenvalue weighted by Gasteiger charge is 2.10. The number of carboxylic acid groups (broad SMARTS) is 1. The molecule has 0 fully saturated rings. The highest BCUT2D eigenvalue weighted by Crippen LogP contribution is 2.14. The fourth-order valence-electron chi connectivity index (χ4n) is 3.28. The van der Waals surface area contributed by atoms with Gasteiger partial charge in [0, 0.05) is 12.8 Å². The predicted octanol–water partition coefficient (Wildman–Crippen LogP) is 4.52. The lowest BCUT2D eigenvalue weighted by Crippen LogP contribution is -2.07. The Labute approximate surface area is 166 Å². The van der Waals surface area contributed by atoms with Gasteiger partial charge in [-0.1, -0.05) is 50.2 Å². The maximum atomic E-state index is 11.1. The molecule has 1 aromatic heterocycles. The molecule has 2 aromatic carbocycles. The molecule has 0 aliphatic carbocycles. The summed E-state index contributed by atoms with van der Waals surface area (Å²) >= 11 is 0. The Balaban J connectivity index is 1.71.